The van der Waals surface area contributed by atoms with Crippen LogP contribution in [-0.2, 0) is 30.2 Å². The third-order valence-electron chi connectivity index (χ3n) is 3.75. The van der Waals surface area contributed by atoms with Crippen LogP contribution in [0, 0.1) is 0 Å². The monoisotopic (exact) mass is 530 g/mol. The van der Waals surface area contributed by atoms with Gasteiger partial charge in [-0.1, -0.05) is 0 Å². The summed E-state index contributed by atoms with van der Waals surface area (Å²) >= 11 is -2.27. The van der Waals surface area contributed by atoms with E-state index in [1.54, 1.807) is 0 Å². The van der Waals surface area contributed by atoms with E-state index in [0.29, 0.717) is 0 Å². The molecule has 0 bridgehead atoms. The molecule has 0 nitrogen and oxygen atoms in total. The van der Waals surface area contributed by atoms with Crippen molar-refractivity contribution in [3.63, 3.8) is 0 Å². The molecule has 0 heterocycles. The van der Waals surface area contributed by atoms with Crippen molar-refractivity contribution in [2.24, 2.45) is 0 Å². The van der Waals surface area contributed by atoms with E-state index < -0.39 is 14.0 Å². The summed E-state index contributed by atoms with van der Waals surface area (Å²) in [4.78, 5) is 0. The predicted molar refractivity (Wildman–Crippen MR) is 101 cm³/mol. The fourth-order valence-electron chi connectivity index (χ4n) is 2.38. The molecule has 0 saturated heterocycles. The van der Waals surface area contributed by atoms with Crippen LogP contribution in [0.2, 0.25) is 0 Å². The summed E-state index contributed by atoms with van der Waals surface area (Å²) in [7, 11) is 12.7. The first kappa shape index (κ1) is 21.0. The number of benzene rings is 1. The second-order valence-electron chi connectivity index (χ2n) is 8.96. The first-order chi connectivity index (χ1) is 9.64. The second kappa shape index (κ2) is 7.04. The molecule has 0 radical (unpaired) electrons. The molecule has 1 aromatic rings. The van der Waals surface area contributed by atoms with Crippen LogP contribution in [0.3, 0.4) is 0 Å². The van der Waals surface area contributed by atoms with Gasteiger partial charge in [0.05, 0.1) is 0 Å². The summed E-state index contributed by atoms with van der Waals surface area (Å²) in [6, 6.07) is 4.77. The van der Waals surface area contributed by atoms with Crippen LogP contribution in [-0.4, -0.2) is 0 Å². The third-order valence-corrected chi connectivity index (χ3v) is 11.4. The fourth-order valence-corrected chi connectivity index (χ4v) is 10.5. The van der Waals surface area contributed by atoms with Crippen molar-refractivity contribution in [2.45, 2.75) is 78.6 Å². The van der Waals surface area contributed by atoms with Gasteiger partial charge in [-0.2, -0.15) is 0 Å². The van der Waals surface area contributed by atoms with Gasteiger partial charge in [-0.05, 0) is 0 Å². The molecule has 0 aliphatic carbocycles. The van der Waals surface area contributed by atoms with Crippen LogP contribution in [0.15, 0.2) is 12.1 Å². The van der Waals surface area contributed by atoms with Crippen LogP contribution < -0.4 is 5.30 Å². The van der Waals surface area contributed by atoms with Crippen molar-refractivity contribution < 1.29 is 14.0 Å². The molecule has 4 heteroatoms. The maximum atomic E-state index is 6.33. The van der Waals surface area contributed by atoms with Gasteiger partial charge < -0.3 is 0 Å². The van der Waals surface area contributed by atoms with Gasteiger partial charge in [-0.25, -0.2) is 0 Å². The molecule has 0 unspecified atom stereocenters. The number of hydrogen-bond acceptors (Lipinski definition) is 0. The molecule has 0 aliphatic heterocycles. The van der Waals surface area contributed by atoms with E-state index >= 15 is 0 Å². The quantitative estimate of drug-likeness (QED) is 0.317. The van der Waals surface area contributed by atoms with Gasteiger partial charge in [0.2, 0.25) is 0 Å². The zero-order valence-electron chi connectivity index (χ0n) is 15.3. The van der Waals surface area contributed by atoms with Crippen molar-refractivity contribution in [3.05, 3.63) is 28.8 Å². The average Bonchev–Trinajstić information content (AvgIpc) is 2.23. The molecule has 0 amide bonds. The second-order valence-corrected chi connectivity index (χ2v) is 25.8. The molecule has 0 spiro atoms. The molecule has 0 fully saturated rings. The Morgan fingerprint density at radius 3 is 1.32 bits per heavy atom. The van der Waals surface area contributed by atoms with Crippen LogP contribution >= 0.6 is 24.8 Å². The number of halogens is 2. The molecule has 0 atom stereocenters. The summed E-state index contributed by atoms with van der Waals surface area (Å²) in [6.07, 6.45) is 0. The summed E-state index contributed by atoms with van der Waals surface area (Å²) in [5.74, 6) is 1.18. The fraction of sp³-hybridized carbons (Fsp3) is 0.667. The zero-order chi connectivity index (χ0) is 17.5. The Morgan fingerprint density at radius 1 is 0.727 bits per heavy atom. The van der Waals surface area contributed by atoms with Crippen LogP contribution in [0.4, 0.5) is 0 Å². The van der Waals surface area contributed by atoms with E-state index in [2.05, 4.69) is 74.4 Å². The summed E-state index contributed by atoms with van der Waals surface area (Å²) in [5, 5.41) is 1.38. The average molecular weight is 531 g/mol. The Balaban J connectivity index is 3.95. The molecule has 1 rings (SSSR count). The van der Waals surface area contributed by atoms with Crippen LogP contribution in [0.5, 0.6) is 0 Å². The van der Waals surface area contributed by atoms with Crippen molar-refractivity contribution >= 4 is 30.1 Å². The van der Waals surface area contributed by atoms with Gasteiger partial charge in [-0.3, -0.25) is 0 Å². The Bertz CT molecular complexity index is 603. The minimum absolute atomic E-state index is 0.0929. The molecular weight excluding hydrogens is 502 g/mol. The normalized spacial score (nSPS) is 13.2. The summed E-state index contributed by atoms with van der Waals surface area (Å²) in [6.45, 7) is 20.5. The van der Waals surface area contributed by atoms with E-state index in [9.17, 15) is 0 Å². The van der Waals surface area contributed by atoms with Gasteiger partial charge >= 0.3 is 152 Å². The maximum absolute atomic E-state index is 6.33. The van der Waals surface area contributed by atoms with Gasteiger partial charge in [0.25, 0.3) is 0 Å². The molecular formula is C18H29Cl2PW+. The molecule has 0 saturated carbocycles. The van der Waals surface area contributed by atoms with E-state index in [1.807, 2.05) is 0 Å². The van der Waals surface area contributed by atoms with Gasteiger partial charge in [0, 0.05) is 0 Å². The number of rotatable bonds is 0. The number of hydrogen-bond donors (Lipinski definition) is 0. The van der Waals surface area contributed by atoms with Crippen molar-refractivity contribution in [3.8, 4) is 0 Å². The molecule has 22 heavy (non-hydrogen) atoms. The minimum atomic E-state index is -2.27. The topological polar surface area (TPSA) is 0 Å². The summed E-state index contributed by atoms with van der Waals surface area (Å²) < 4.78 is 0. The molecule has 0 N–H and O–H groups in total. The van der Waals surface area contributed by atoms with Crippen molar-refractivity contribution in [2.75, 3.05) is 0 Å². The van der Waals surface area contributed by atoms with E-state index in [1.165, 1.54) is 28.0 Å². The van der Waals surface area contributed by atoms with E-state index in [-0.39, 0.29) is 16.2 Å². The van der Waals surface area contributed by atoms with E-state index in [0.717, 1.165) is 0 Å². The van der Waals surface area contributed by atoms with Crippen molar-refractivity contribution in [1.29, 1.82) is 0 Å². The SMILES string of the molecule is CC(C)(C)c1cc(C(C)(C)C)c([P+]#[W]([Cl])[Cl])c(C(C)(C)C)c1. The Hall–Kier alpha value is 0.918. The van der Waals surface area contributed by atoms with Gasteiger partial charge in [0.1, 0.15) is 0 Å². The van der Waals surface area contributed by atoms with Crippen LogP contribution in [0.1, 0.15) is 79.0 Å². The molecule has 1 aromatic carbocycles. The summed E-state index contributed by atoms with van der Waals surface area (Å²) in [5.41, 5.74) is 4.54. The van der Waals surface area contributed by atoms with Gasteiger partial charge in [-0.15, -0.1) is 0 Å². The standard InChI is InChI=1S/C18H29P.2ClH.W/c1-16(2,3)12-10-13(17(4,5)6)15(19)14(11-12)18(7,8)9;;;/h10-11H,1-9H3;2*1H;/q+1;;;+2/p-2. The molecule has 0 aliphatic rings. The van der Waals surface area contributed by atoms with Gasteiger partial charge in [0.15, 0.2) is 0 Å². The molecule has 125 valence electrons. The third kappa shape index (κ3) is 5.48. The van der Waals surface area contributed by atoms with Crippen LogP contribution in [0.25, 0.3) is 0 Å². The van der Waals surface area contributed by atoms with Crippen molar-refractivity contribution in [1.82, 2.24) is 0 Å². The Kier molecular flexibility index (Phi) is 6.70. The first-order valence-electron chi connectivity index (χ1n) is 7.62. The van der Waals surface area contributed by atoms with E-state index in [4.69, 9.17) is 18.8 Å². The Labute approximate surface area is 151 Å². The predicted octanol–water partition coefficient (Wildman–Crippen LogP) is 6.99. The Morgan fingerprint density at radius 2 is 1.09 bits per heavy atom. The zero-order valence-corrected chi connectivity index (χ0v) is 20.6. The first-order valence-corrected chi connectivity index (χ1v) is 19.6. The molecule has 0 aromatic heterocycles.